The van der Waals surface area contributed by atoms with E-state index in [1.54, 1.807) is 18.5 Å². The van der Waals surface area contributed by atoms with Crippen molar-refractivity contribution in [1.29, 1.82) is 0 Å². The Kier molecular flexibility index (Phi) is 7.33. The summed E-state index contributed by atoms with van der Waals surface area (Å²) in [4.78, 5) is 12.2. The number of carbonyl (C=O) groups is 1. The number of amides is 1. The third-order valence-corrected chi connectivity index (χ3v) is 5.72. The topological polar surface area (TPSA) is 69.0 Å². The molecule has 2 aromatic carbocycles. The molecule has 0 fully saturated rings. The number of halogens is 2. The van der Waals surface area contributed by atoms with Crippen LogP contribution in [0.1, 0.15) is 31.3 Å². The fourth-order valence-corrected chi connectivity index (χ4v) is 3.70. The summed E-state index contributed by atoms with van der Waals surface area (Å²) in [7, 11) is 1.80. The Bertz CT molecular complexity index is 1030. The molecule has 0 aliphatic carbocycles. The van der Waals surface area contributed by atoms with Crippen molar-refractivity contribution in [3.63, 3.8) is 0 Å². The number of nitrogens with zero attached hydrogens (tertiary/aromatic N) is 3. The van der Waals surface area contributed by atoms with E-state index in [4.69, 9.17) is 16.3 Å². The highest BCUT2D eigenvalue weighted by atomic mass is 35.5. The lowest BCUT2D eigenvalue weighted by Gasteiger charge is -2.15. The van der Waals surface area contributed by atoms with Crippen LogP contribution in [0.4, 0.5) is 10.1 Å². The maximum Gasteiger partial charge on any atom is 0.234 e. The van der Waals surface area contributed by atoms with Gasteiger partial charge in [-0.1, -0.05) is 42.4 Å². The second-order valence-corrected chi connectivity index (χ2v) is 7.97. The Morgan fingerprint density at radius 3 is 2.67 bits per heavy atom. The maximum atomic E-state index is 13.2. The Hall–Kier alpha value is -2.58. The summed E-state index contributed by atoms with van der Waals surface area (Å²) < 4.78 is 20.7. The molecule has 0 spiro atoms. The molecule has 30 heavy (non-hydrogen) atoms. The third kappa shape index (κ3) is 5.52. The first kappa shape index (κ1) is 22.1. The minimum Gasteiger partial charge on any atom is -0.481 e. The second-order valence-electron chi connectivity index (χ2n) is 6.62. The smallest absolute Gasteiger partial charge is 0.234 e. The van der Waals surface area contributed by atoms with E-state index in [1.807, 2.05) is 24.3 Å². The predicted octanol–water partition coefficient (Wildman–Crippen LogP) is 5.04. The Balaban J connectivity index is 1.58. The number of anilines is 1. The summed E-state index contributed by atoms with van der Waals surface area (Å²) in [5, 5.41) is 11.9. The van der Waals surface area contributed by atoms with Crippen LogP contribution in [-0.4, -0.2) is 26.4 Å². The molecular weight excluding hydrogens is 427 g/mol. The second kappa shape index (κ2) is 9.95. The molecule has 1 amide bonds. The summed E-state index contributed by atoms with van der Waals surface area (Å²) >= 11 is 7.30. The van der Waals surface area contributed by atoms with Gasteiger partial charge in [-0.15, -0.1) is 10.2 Å². The fraction of sp³-hybridized carbons (Fsp3) is 0.286. The molecule has 0 saturated carbocycles. The van der Waals surface area contributed by atoms with Crippen LogP contribution in [0, 0.1) is 5.82 Å². The number of hydrogen-bond acceptors (Lipinski definition) is 5. The lowest BCUT2D eigenvalue weighted by molar-refractivity contribution is -0.113. The molecule has 1 aromatic heterocycles. The first-order valence-electron chi connectivity index (χ1n) is 9.40. The van der Waals surface area contributed by atoms with Gasteiger partial charge in [0.25, 0.3) is 0 Å². The van der Waals surface area contributed by atoms with Gasteiger partial charge in [-0.3, -0.25) is 4.79 Å². The highest BCUT2D eigenvalue weighted by Gasteiger charge is 2.19. The summed E-state index contributed by atoms with van der Waals surface area (Å²) in [5.41, 5.74) is 1.97. The highest BCUT2D eigenvalue weighted by Crippen LogP contribution is 2.30. The molecule has 0 radical (unpaired) electrons. The molecule has 158 valence electrons. The predicted molar refractivity (Wildman–Crippen MR) is 117 cm³/mol. The van der Waals surface area contributed by atoms with Crippen molar-refractivity contribution in [2.75, 3.05) is 11.1 Å². The van der Waals surface area contributed by atoms with Crippen molar-refractivity contribution in [3.8, 4) is 5.75 Å². The average Bonchev–Trinajstić information content (AvgIpc) is 3.09. The minimum atomic E-state index is -0.467. The molecule has 1 N–H and O–H groups in total. The normalized spacial score (nSPS) is 11.9. The summed E-state index contributed by atoms with van der Waals surface area (Å²) in [5.74, 6) is 0.554. The summed E-state index contributed by atoms with van der Waals surface area (Å²) in [6.07, 6.45) is 0.486. The molecule has 1 heterocycles. The Labute approximate surface area is 183 Å². The molecule has 1 atom stereocenters. The van der Waals surface area contributed by atoms with Gasteiger partial charge in [0.05, 0.1) is 10.8 Å². The van der Waals surface area contributed by atoms with Crippen molar-refractivity contribution in [2.45, 2.75) is 31.5 Å². The van der Waals surface area contributed by atoms with Crippen LogP contribution < -0.4 is 10.1 Å². The first-order chi connectivity index (χ1) is 14.4. The molecule has 0 saturated heterocycles. The van der Waals surface area contributed by atoms with Crippen molar-refractivity contribution < 1.29 is 13.9 Å². The van der Waals surface area contributed by atoms with Crippen LogP contribution in [0.2, 0.25) is 5.02 Å². The van der Waals surface area contributed by atoms with E-state index in [-0.39, 0.29) is 16.7 Å². The Morgan fingerprint density at radius 2 is 2.00 bits per heavy atom. The number of aromatic nitrogens is 3. The van der Waals surface area contributed by atoms with E-state index in [2.05, 4.69) is 22.4 Å². The monoisotopic (exact) mass is 448 g/mol. The number of benzene rings is 2. The molecule has 0 bridgehead atoms. The average molecular weight is 449 g/mol. The number of rotatable bonds is 8. The maximum absolute atomic E-state index is 13.2. The molecule has 1 unspecified atom stereocenters. The van der Waals surface area contributed by atoms with Crippen molar-refractivity contribution >= 4 is 35.0 Å². The van der Waals surface area contributed by atoms with Crippen LogP contribution in [0.25, 0.3) is 0 Å². The fourth-order valence-electron chi connectivity index (χ4n) is 2.77. The highest BCUT2D eigenvalue weighted by molar-refractivity contribution is 7.99. The van der Waals surface area contributed by atoms with Gasteiger partial charge in [0.1, 0.15) is 11.6 Å². The van der Waals surface area contributed by atoms with Gasteiger partial charge >= 0.3 is 0 Å². The van der Waals surface area contributed by atoms with Crippen LogP contribution in [-0.2, 0) is 18.3 Å². The van der Waals surface area contributed by atoms with E-state index >= 15 is 0 Å². The SMILES string of the molecule is CCc1ccc(NC(=O)CSc2nnc(C(C)Oc3ccc(F)cc3Cl)n2C)cc1. The number of carbonyl (C=O) groups excluding carboxylic acids is 1. The van der Waals surface area contributed by atoms with Gasteiger partial charge in [-0.05, 0) is 49.2 Å². The summed E-state index contributed by atoms with van der Waals surface area (Å²) in [6.45, 7) is 3.88. The third-order valence-electron chi connectivity index (χ3n) is 4.41. The number of nitrogens with one attached hydrogen (secondary N) is 1. The standard InChI is InChI=1S/C21H22ClFN4O2S/c1-4-14-5-8-16(9-6-14)24-19(28)12-30-21-26-25-20(27(21)3)13(2)29-18-10-7-15(23)11-17(18)22/h5-11,13H,4,12H2,1-3H3,(H,24,28). The van der Waals surface area contributed by atoms with Crippen LogP contribution >= 0.6 is 23.4 Å². The van der Waals surface area contributed by atoms with E-state index in [9.17, 15) is 9.18 Å². The van der Waals surface area contributed by atoms with Gasteiger partial charge in [-0.2, -0.15) is 0 Å². The first-order valence-corrected chi connectivity index (χ1v) is 10.8. The number of ether oxygens (including phenoxy) is 1. The van der Waals surface area contributed by atoms with Gasteiger partial charge in [0, 0.05) is 12.7 Å². The summed E-state index contributed by atoms with van der Waals surface area (Å²) in [6, 6.07) is 11.7. The van der Waals surface area contributed by atoms with Crippen molar-refractivity contribution in [1.82, 2.24) is 14.8 Å². The zero-order chi connectivity index (χ0) is 21.7. The van der Waals surface area contributed by atoms with E-state index in [0.717, 1.165) is 12.1 Å². The van der Waals surface area contributed by atoms with Crippen LogP contribution in [0.3, 0.4) is 0 Å². The van der Waals surface area contributed by atoms with E-state index in [1.165, 1.54) is 35.5 Å². The van der Waals surface area contributed by atoms with Crippen LogP contribution in [0.15, 0.2) is 47.6 Å². The molecule has 3 rings (SSSR count). The number of aryl methyl sites for hydroxylation is 1. The largest absolute Gasteiger partial charge is 0.481 e. The lowest BCUT2D eigenvalue weighted by atomic mass is 10.1. The number of thioether (sulfide) groups is 1. The molecule has 6 nitrogen and oxygen atoms in total. The van der Waals surface area contributed by atoms with Gasteiger partial charge in [0.2, 0.25) is 5.91 Å². The van der Waals surface area contributed by atoms with Crippen molar-refractivity contribution in [2.24, 2.45) is 7.05 Å². The quantitative estimate of drug-likeness (QED) is 0.489. The van der Waals surface area contributed by atoms with Gasteiger partial charge < -0.3 is 14.6 Å². The Morgan fingerprint density at radius 1 is 1.27 bits per heavy atom. The zero-order valence-corrected chi connectivity index (χ0v) is 18.4. The van der Waals surface area contributed by atoms with Crippen molar-refractivity contribution in [3.05, 3.63) is 64.7 Å². The van der Waals surface area contributed by atoms with Crippen LogP contribution in [0.5, 0.6) is 5.75 Å². The minimum absolute atomic E-state index is 0.129. The van der Waals surface area contributed by atoms with E-state index in [0.29, 0.717) is 16.7 Å². The molecule has 9 heteroatoms. The van der Waals surface area contributed by atoms with E-state index < -0.39 is 11.9 Å². The molecule has 3 aromatic rings. The zero-order valence-electron chi connectivity index (χ0n) is 16.9. The number of hydrogen-bond donors (Lipinski definition) is 1. The molecule has 0 aliphatic rings. The van der Waals surface area contributed by atoms with Gasteiger partial charge in [0.15, 0.2) is 17.1 Å². The lowest BCUT2D eigenvalue weighted by Crippen LogP contribution is -2.15. The van der Waals surface area contributed by atoms with Gasteiger partial charge in [-0.25, -0.2) is 4.39 Å². The molecule has 0 aliphatic heterocycles. The molecular formula is C21H22ClFN4O2S.